The van der Waals surface area contributed by atoms with Gasteiger partial charge in [0, 0.05) is 18.3 Å². The molecule has 0 saturated heterocycles. The summed E-state index contributed by atoms with van der Waals surface area (Å²) in [5, 5.41) is 8.11. The molecule has 18 heavy (non-hydrogen) atoms. The molecule has 2 atom stereocenters. The van der Waals surface area contributed by atoms with Crippen LogP contribution in [0.3, 0.4) is 0 Å². The molecule has 1 heterocycles. The first kappa shape index (κ1) is 13.4. The van der Waals surface area contributed by atoms with E-state index in [0.29, 0.717) is 12.1 Å². The molecule has 2 rings (SSSR count). The largest absolute Gasteiger partial charge is 0.379 e. The monoisotopic (exact) mass is 249 g/mol. The third kappa shape index (κ3) is 3.06. The van der Waals surface area contributed by atoms with Gasteiger partial charge >= 0.3 is 0 Å². The minimum Gasteiger partial charge on any atom is -0.379 e. The summed E-state index contributed by atoms with van der Waals surface area (Å²) in [5.41, 5.74) is 1.18. The van der Waals surface area contributed by atoms with Crippen LogP contribution in [0.5, 0.6) is 0 Å². The number of anilines is 1. The van der Waals surface area contributed by atoms with Crippen LogP contribution in [0.15, 0.2) is 12.4 Å². The fraction of sp³-hybridized carbons (Fsp3) is 0.800. The Balaban J connectivity index is 2.01. The van der Waals surface area contributed by atoms with Gasteiger partial charge in [-0.15, -0.1) is 0 Å². The van der Waals surface area contributed by atoms with E-state index >= 15 is 0 Å². The van der Waals surface area contributed by atoms with E-state index in [4.69, 9.17) is 0 Å². The highest BCUT2D eigenvalue weighted by Crippen LogP contribution is 2.32. The highest BCUT2D eigenvalue weighted by atomic mass is 15.3. The topological polar surface area (TPSA) is 29.9 Å². The van der Waals surface area contributed by atoms with Gasteiger partial charge in [0.2, 0.25) is 0 Å². The standard InChI is InChI=1S/C15H27N3/c1-11(2)14-7-5-6-8-15(14)17-13-9-16-18(10-13)12(3)4/h9-12,14-15,17H,5-8H2,1-4H3. The molecule has 1 fully saturated rings. The van der Waals surface area contributed by atoms with Crippen LogP contribution in [0, 0.1) is 11.8 Å². The number of nitrogens with one attached hydrogen (secondary N) is 1. The lowest BCUT2D eigenvalue weighted by atomic mass is 9.78. The first-order valence-electron chi connectivity index (χ1n) is 7.38. The van der Waals surface area contributed by atoms with Crippen molar-refractivity contribution in [1.29, 1.82) is 0 Å². The third-order valence-corrected chi connectivity index (χ3v) is 4.16. The molecule has 1 aliphatic carbocycles. The molecule has 0 radical (unpaired) electrons. The summed E-state index contributed by atoms with van der Waals surface area (Å²) >= 11 is 0. The molecule has 1 aromatic rings. The molecule has 0 aliphatic heterocycles. The molecule has 0 bridgehead atoms. The number of aromatic nitrogens is 2. The Morgan fingerprint density at radius 1 is 1.22 bits per heavy atom. The lowest BCUT2D eigenvalue weighted by Crippen LogP contribution is -2.35. The highest BCUT2D eigenvalue weighted by molar-refractivity contribution is 5.39. The van der Waals surface area contributed by atoms with Crippen molar-refractivity contribution in [3.63, 3.8) is 0 Å². The van der Waals surface area contributed by atoms with E-state index in [1.54, 1.807) is 0 Å². The molecule has 102 valence electrons. The van der Waals surface area contributed by atoms with Crippen LogP contribution in [-0.2, 0) is 0 Å². The summed E-state index contributed by atoms with van der Waals surface area (Å²) in [6.07, 6.45) is 9.53. The molecule has 1 N–H and O–H groups in total. The van der Waals surface area contributed by atoms with Gasteiger partial charge in [0.25, 0.3) is 0 Å². The van der Waals surface area contributed by atoms with Crippen molar-refractivity contribution in [2.45, 2.75) is 65.5 Å². The van der Waals surface area contributed by atoms with E-state index in [-0.39, 0.29) is 0 Å². The van der Waals surface area contributed by atoms with E-state index in [1.807, 2.05) is 10.9 Å². The van der Waals surface area contributed by atoms with E-state index in [1.165, 1.54) is 31.4 Å². The quantitative estimate of drug-likeness (QED) is 0.871. The Kier molecular flexibility index (Phi) is 4.31. The van der Waals surface area contributed by atoms with Gasteiger partial charge < -0.3 is 5.32 Å². The Morgan fingerprint density at radius 2 is 1.94 bits per heavy atom. The second-order valence-electron chi connectivity index (χ2n) is 6.25. The number of hydrogen-bond acceptors (Lipinski definition) is 2. The SMILES string of the molecule is CC(C)C1CCCCC1Nc1cnn(C(C)C)c1. The van der Waals surface area contributed by atoms with Gasteiger partial charge in [0.1, 0.15) is 0 Å². The van der Waals surface area contributed by atoms with Crippen molar-refractivity contribution in [2.24, 2.45) is 11.8 Å². The number of rotatable bonds is 4. The van der Waals surface area contributed by atoms with E-state index in [9.17, 15) is 0 Å². The molecule has 3 nitrogen and oxygen atoms in total. The molecule has 1 saturated carbocycles. The normalized spacial score (nSPS) is 24.8. The first-order chi connectivity index (χ1) is 8.58. The van der Waals surface area contributed by atoms with Crippen LogP contribution in [0.4, 0.5) is 5.69 Å². The molecule has 0 amide bonds. The van der Waals surface area contributed by atoms with Crippen molar-refractivity contribution in [3.05, 3.63) is 12.4 Å². The van der Waals surface area contributed by atoms with E-state index in [2.05, 4.69) is 44.3 Å². The van der Waals surface area contributed by atoms with E-state index < -0.39 is 0 Å². The zero-order valence-electron chi connectivity index (χ0n) is 12.2. The van der Waals surface area contributed by atoms with Gasteiger partial charge in [0.05, 0.1) is 11.9 Å². The van der Waals surface area contributed by atoms with Crippen molar-refractivity contribution >= 4 is 5.69 Å². The smallest absolute Gasteiger partial charge is 0.0728 e. The second kappa shape index (κ2) is 5.77. The Bertz CT molecular complexity index is 368. The van der Waals surface area contributed by atoms with Gasteiger partial charge in [-0.3, -0.25) is 4.68 Å². The fourth-order valence-corrected chi connectivity index (χ4v) is 3.05. The van der Waals surface area contributed by atoms with Crippen LogP contribution >= 0.6 is 0 Å². The zero-order chi connectivity index (χ0) is 13.1. The van der Waals surface area contributed by atoms with Crippen LogP contribution in [0.2, 0.25) is 0 Å². The predicted octanol–water partition coefficient (Wildman–Crippen LogP) is 4.09. The predicted molar refractivity (Wildman–Crippen MR) is 76.8 cm³/mol. The van der Waals surface area contributed by atoms with Crippen LogP contribution in [-0.4, -0.2) is 15.8 Å². The summed E-state index contributed by atoms with van der Waals surface area (Å²) in [6.45, 7) is 9.02. The molecule has 0 aromatic carbocycles. The Hall–Kier alpha value is -0.990. The molecule has 1 aliphatic rings. The van der Waals surface area contributed by atoms with Crippen LogP contribution in [0.25, 0.3) is 0 Å². The second-order valence-corrected chi connectivity index (χ2v) is 6.25. The molecular weight excluding hydrogens is 222 g/mol. The minimum atomic E-state index is 0.438. The maximum Gasteiger partial charge on any atom is 0.0728 e. The summed E-state index contributed by atoms with van der Waals surface area (Å²) < 4.78 is 2.02. The van der Waals surface area contributed by atoms with Gasteiger partial charge in [-0.2, -0.15) is 5.10 Å². The number of hydrogen-bond donors (Lipinski definition) is 1. The molecule has 2 unspecified atom stereocenters. The van der Waals surface area contributed by atoms with Crippen LogP contribution < -0.4 is 5.32 Å². The molecule has 1 aromatic heterocycles. The van der Waals surface area contributed by atoms with Crippen molar-refractivity contribution in [3.8, 4) is 0 Å². The lowest BCUT2D eigenvalue weighted by molar-refractivity contribution is 0.254. The molecule has 0 spiro atoms. The van der Waals surface area contributed by atoms with E-state index in [0.717, 1.165) is 11.8 Å². The maximum absolute atomic E-state index is 4.41. The summed E-state index contributed by atoms with van der Waals surface area (Å²) in [5.74, 6) is 1.57. The minimum absolute atomic E-state index is 0.438. The first-order valence-corrected chi connectivity index (χ1v) is 7.38. The summed E-state index contributed by atoms with van der Waals surface area (Å²) in [4.78, 5) is 0. The average Bonchev–Trinajstić information content (AvgIpc) is 2.78. The third-order valence-electron chi connectivity index (χ3n) is 4.16. The Morgan fingerprint density at radius 3 is 2.56 bits per heavy atom. The van der Waals surface area contributed by atoms with Gasteiger partial charge in [-0.1, -0.05) is 26.7 Å². The highest BCUT2D eigenvalue weighted by Gasteiger charge is 2.27. The van der Waals surface area contributed by atoms with Crippen molar-refractivity contribution in [2.75, 3.05) is 5.32 Å². The molecular formula is C15H27N3. The van der Waals surface area contributed by atoms with Gasteiger partial charge in [-0.25, -0.2) is 0 Å². The van der Waals surface area contributed by atoms with Gasteiger partial charge in [0.15, 0.2) is 0 Å². The molecule has 3 heteroatoms. The van der Waals surface area contributed by atoms with Crippen LogP contribution in [0.1, 0.15) is 59.4 Å². The van der Waals surface area contributed by atoms with Crippen molar-refractivity contribution in [1.82, 2.24) is 9.78 Å². The van der Waals surface area contributed by atoms with Gasteiger partial charge in [-0.05, 0) is 38.5 Å². The number of nitrogens with zero attached hydrogens (tertiary/aromatic N) is 2. The summed E-state index contributed by atoms with van der Waals surface area (Å²) in [7, 11) is 0. The maximum atomic E-state index is 4.41. The lowest BCUT2D eigenvalue weighted by Gasteiger charge is -2.35. The average molecular weight is 249 g/mol. The Labute approximate surface area is 111 Å². The zero-order valence-corrected chi connectivity index (χ0v) is 12.2. The van der Waals surface area contributed by atoms with Crippen molar-refractivity contribution < 1.29 is 0 Å². The summed E-state index contributed by atoms with van der Waals surface area (Å²) in [6, 6.07) is 1.07. The fourth-order valence-electron chi connectivity index (χ4n) is 3.05.